The van der Waals surface area contributed by atoms with Gasteiger partial charge in [0.15, 0.2) is 5.82 Å². The van der Waals surface area contributed by atoms with Crippen molar-refractivity contribution in [3.05, 3.63) is 46.2 Å². The van der Waals surface area contributed by atoms with Crippen molar-refractivity contribution in [3.8, 4) is 11.4 Å². The van der Waals surface area contributed by atoms with E-state index in [9.17, 15) is 0 Å². The largest absolute Gasteiger partial charge is 0.233 e. The van der Waals surface area contributed by atoms with Gasteiger partial charge >= 0.3 is 0 Å². The van der Waals surface area contributed by atoms with Crippen molar-refractivity contribution in [1.82, 2.24) is 9.97 Å². The van der Waals surface area contributed by atoms with Gasteiger partial charge in [-0.15, -0.1) is 0 Å². The molecular formula is C15H15ClN2. The molecule has 0 bridgehead atoms. The molecule has 0 saturated heterocycles. The standard InChI is InChI=1S/C15H15ClN2/c1-9-3-4-12(7-10(9)2)15-17-13(11-5-6-11)8-14(16)18-15/h3-4,7-8,11H,5-6H2,1-2H3. The molecule has 1 heterocycles. The third-order valence-corrected chi connectivity index (χ3v) is 3.67. The number of aryl methyl sites for hydroxylation is 2. The van der Waals surface area contributed by atoms with E-state index >= 15 is 0 Å². The Hall–Kier alpha value is -1.41. The zero-order valence-corrected chi connectivity index (χ0v) is 11.3. The number of aromatic nitrogens is 2. The van der Waals surface area contributed by atoms with Crippen molar-refractivity contribution in [2.75, 3.05) is 0 Å². The number of benzene rings is 1. The van der Waals surface area contributed by atoms with Crippen molar-refractivity contribution >= 4 is 11.6 Å². The molecule has 1 saturated carbocycles. The van der Waals surface area contributed by atoms with Gasteiger partial charge in [0, 0.05) is 17.2 Å². The fourth-order valence-electron chi connectivity index (χ4n) is 2.03. The van der Waals surface area contributed by atoms with E-state index in [1.165, 1.54) is 24.0 Å². The van der Waals surface area contributed by atoms with E-state index in [1.54, 1.807) is 0 Å². The summed E-state index contributed by atoms with van der Waals surface area (Å²) in [7, 11) is 0. The average Bonchev–Trinajstić information content (AvgIpc) is 3.16. The molecule has 1 aromatic heterocycles. The first-order valence-electron chi connectivity index (χ1n) is 6.25. The summed E-state index contributed by atoms with van der Waals surface area (Å²) in [6.45, 7) is 4.21. The molecule has 3 heteroatoms. The Kier molecular flexibility index (Phi) is 2.83. The van der Waals surface area contributed by atoms with E-state index in [0.717, 1.165) is 17.1 Å². The molecule has 92 valence electrons. The van der Waals surface area contributed by atoms with Gasteiger partial charge in [0.05, 0.1) is 0 Å². The van der Waals surface area contributed by atoms with Crippen LogP contribution in [0, 0.1) is 13.8 Å². The molecule has 1 aromatic carbocycles. The molecule has 0 atom stereocenters. The highest BCUT2D eigenvalue weighted by Gasteiger charge is 2.26. The number of hydrogen-bond donors (Lipinski definition) is 0. The molecular weight excluding hydrogens is 244 g/mol. The first kappa shape index (κ1) is 11.7. The summed E-state index contributed by atoms with van der Waals surface area (Å²) in [6.07, 6.45) is 2.44. The van der Waals surface area contributed by atoms with Crippen LogP contribution in [-0.2, 0) is 0 Å². The van der Waals surface area contributed by atoms with Crippen LogP contribution in [0.1, 0.15) is 35.6 Å². The summed E-state index contributed by atoms with van der Waals surface area (Å²) in [5, 5.41) is 0.542. The summed E-state index contributed by atoms with van der Waals surface area (Å²) in [4.78, 5) is 8.98. The molecule has 2 aromatic rings. The van der Waals surface area contributed by atoms with Crippen LogP contribution in [0.3, 0.4) is 0 Å². The minimum Gasteiger partial charge on any atom is -0.233 e. The molecule has 1 aliphatic rings. The first-order chi connectivity index (χ1) is 8.63. The number of rotatable bonds is 2. The molecule has 2 nitrogen and oxygen atoms in total. The van der Waals surface area contributed by atoms with Crippen molar-refractivity contribution in [2.24, 2.45) is 0 Å². The number of hydrogen-bond acceptors (Lipinski definition) is 2. The van der Waals surface area contributed by atoms with E-state index in [1.807, 2.05) is 6.07 Å². The molecule has 1 fully saturated rings. The van der Waals surface area contributed by atoms with Gasteiger partial charge in [-0.25, -0.2) is 9.97 Å². The van der Waals surface area contributed by atoms with Gasteiger partial charge in [-0.1, -0.05) is 23.7 Å². The van der Waals surface area contributed by atoms with Crippen molar-refractivity contribution < 1.29 is 0 Å². The van der Waals surface area contributed by atoms with Crippen LogP contribution < -0.4 is 0 Å². The summed E-state index contributed by atoms with van der Waals surface area (Å²) in [5.74, 6) is 1.34. The van der Waals surface area contributed by atoms with E-state index < -0.39 is 0 Å². The second-order valence-electron chi connectivity index (χ2n) is 5.01. The third kappa shape index (κ3) is 2.25. The maximum absolute atomic E-state index is 6.09. The second-order valence-corrected chi connectivity index (χ2v) is 5.40. The van der Waals surface area contributed by atoms with E-state index in [2.05, 4.69) is 42.0 Å². The van der Waals surface area contributed by atoms with Gasteiger partial charge in [-0.05, 0) is 49.9 Å². The fraction of sp³-hybridized carbons (Fsp3) is 0.333. The van der Waals surface area contributed by atoms with Gasteiger partial charge in [-0.3, -0.25) is 0 Å². The molecule has 0 unspecified atom stereocenters. The Morgan fingerprint density at radius 2 is 1.83 bits per heavy atom. The lowest BCUT2D eigenvalue weighted by molar-refractivity contribution is 0.994. The van der Waals surface area contributed by atoms with E-state index in [4.69, 9.17) is 11.6 Å². The lowest BCUT2D eigenvalue weighted by Gasteiger charge is -2.06. The smallest absolute Gasteiger partial charge is 0.161 e. The predicted octanol–water partition coefficient (Wildman–Crippen LogP) is 4.29. The lowest BCUT2D eigenvalue weighted by atomic mass is 10.1. The number of halogens is 1. The molecule has 18 heavy (non-hydrogen) atoms. The predicted molar refractivity (Wildman–Crippen MR) is 73.9 cm³/mol. The Bertz CT molecular complexity index is 603. The van der Waals surface area contributed by atoms with Gasteiger partial charge < -0.3 is 0 Å². The van der Waals surface area contributed by atoms with Crippen LogP contribution in [0.4, 0.5) is 0 Å². The summed E-state index contributed by atoms with van der Waals surface area (Å²) in [5.41, 5.74) is 4.66. The van der Waals surface area contributed by atoms with Crippen LogP contribution in [0.2, 0.25) is 5.15 Å². The van der Waals surface area contributed by atoms with Gasteiger partial charge in [0.25, 0.3) is 0 Å². The molecule has 0 radical (unpaired) electrons. The minimum absolute atomic E-state index is 0.542. The Morgan fingerprint density at radius 1 is 1.06 bits per heavy atom. The van der Waals surface area contributed by atoms with E-state index in [-0.39, 0.29) is 0 Å². The quantitative estimate of drug-likeness (QED) is 0.751. The molecule has 0 spiro atoms. The van der Waals surface area contributed by atoms with Crippen molar-refractivity contribution in [1.29, 1.82) is 0 Å². The normalized spacial score (nSPS) is 14.8. The maximum atomic E-state index is 6.09. The maximum Gasteiger partial charge on any atom is 0.161 e. The molecule has 0 N–H and O–H groups in total. The number of nitrogens with zero attached hydrogens (tertiary/aromatic N) is 2. The van der Waals surface area contributed by atoms with Crippen LogP contribution in [0.5, 0.6) is 0 Å². The zero-order valence-electron chi connectivity index (χ0n) is 10.6. The van der Waals surface area contributed by atoms with Gasteiger partial charge in [0.1, 0.15) is 5.15 Å². The Morgan fingerprint density at radius 3 is 2.50 bits per heavy atom. The Balaban J connectivity index is 2.07. The van der Waals surface area contributed by atoms with Gasteiger partial charge in [0.2, 0.25) is 0 Å². The monoisotopic (exact) mass is 258 g/mol. The zero-order chi connectivity index (χ0) is 12.7. The summed E-state index contributed by atoms with van der Waals surface area (Å²) >= 11 is 6.09. The minimum atomic E-state index is 0.542. The lowest BCUT2D eigenvalue weighted by Crippen LogP contribution is -1.95. The highest BCUT2D eigenvalue weighted by Crippen LogP contribution is 2.40. The van der Waals surface area contributed by atoms with Crippen LogP contribution >= 0.6 is 11.6 Å². The summed E-state index contributed by atoms with van der Waals surface area (Å²) in [6, 6.07) is 8.18. The van der Waals surface area contributed by atoms with Crippen LogP contribution in [0.25, 0.3) is 11.4 Å². The van der Waals surface area contributed by atoms with Gasteiger partial charge in [-0.2, -0.15) is 0 Å². The second kappa shape index (κ2) is 4.36. The topological polar surface area (TPSA) is 25.8 Å². The average molecular weight is 259 g/mol. The molecule has 0 aliphatic heterocycles. The van der Waals surface area contributed by atoms with Crippen LogP contribution in [-0.4, -0.2) is 9.97 Å². The van der Waals surface area contributed by atoms with Crippen LogP contribution in [0.15, 0.2) is 24.3 Å². The molecule has 3 rings (SSSR count). The Labute approximate surface area is 112 Å². The van der Waals surface area contributed by atoms with E-state index in [0.29, 0.717) is 11.1 Å². The van der Waals surface area contributed by atoms with Crippen molar-refractivity contribution in [3.63, 3.8) is 0 Å². The fourth-order valence-corrected chi connectivity index (χ4v) is 2.22. The molecule has 1 aliphatic carbocycles. The highest BCUT2D eigenvalue weighted by atomic mass is 35.5. The molecule has 0 amide bonds. The van der Waals surface area contributed by atoms with Crippen molar-refractivity contribution in [2.45, 2.75) is 32.6 Å². The summed E-state index contributed by atoms with van der Waals surface area (Å²) < 4.78 is 0. The first-order valence-corrected chi connectivity index (χ1v) is 6.63. The highest BCUT2D eigenvalue weighted by molar-refractivity contribution is 6.29. The third-order valence-electron chi connectivity index (χ3n) is 3.48. The SMILES string of the molecule is Cc1ccc(-c2nc(Cl)cc(C3CC3)n2)cc1C.